The van der Waals surface area contributed by atoms with Crippen LogP contribution in [0.4, 0.5) is 26.0 Å². The highest BCUT2D eigenvalue weighted by molar-refractivity contribution is 5.94. The molecule has 0 radical (unpaired) electrons. The number of hydrogen-bond acceptors (Lipinski definition) is 6. The van der Waals surface area contributed by atoms with Gasteiger partial charge in [-0.05, 0) is 36.4 Å². The van der Waals surface area contributed by atoms with Crippen molar-refractivity contribution in [2.45, 2.75) is 0 Å². The van der Waals surface area contributed by atoms with Crippen molar-refractivity contribution in [3.8, 4) is 11.3 Å². The molecule has 0 saturated carbocycles. The lowest BCUT2D eigenvalue weighted by molar-refractivity contribution is 0.589. The molecule has 162 valence electrons. The maximum atomic E-state index is 14.4. The number of benzene rings is 1. The Hall–Kier alpha value is -3.85. The first-order chi connectivity index (χ1) is 15.6. The predicted molar refractivity (Wildman–Crippen MR) is 120 cm³/mol. The summed E-state index contributed by atoms with van der Waals surface area (Å²) in [7, 11) is 0. The van der Waals surface area contributed by atoms with Gasteiger partial charge >= 0.3 is 0 Å². The number of fused-ring (bicyclic) bond motifs is 1. The van der Waals surface area contributed by atoms with Gasteiger partial charge in [-0.2, -0.15) is 0 Å². The average Bonchev–Trinajstić information content (AvgIpc) is 2.80. The Labute approximate surface area is 182 Å². The third-order valence-electron chi connectivity index (χ3n) is 5.44. The summed E-state index contributed by atoms with van der Waals surface area (Å²) in [5.74, 6) is -0.961. The van der Waals surface area contributed by atoms with Crippen molar-refractivity contribution in [3.05, 3.63) is 76.8 Å². The summed E-state index contributed by atoms with van der Waals surface area (Å²) >= 11 is 0. The van der Waals surface area contributed by atoms with Crippen molar-refractivity contribution in [1.82, 2.24) is 20.3 Å². The van der Waals surface area contributed by atoms with Crippen LogP contribution >= 0.6 is 0 Å². The summed E-state index contributed by atoms with van der Waals surface area (Å²) < 4.78 is 28.8. The molecule has 1 fully saturated rings. The second kappa shape index (κ2) is 8.35. The Bertz CT molecular complexity index is 1310. The fourth-order valence-electron chi connectivity index (χ4n) is 3.87. The van der Waals surface area contributed by atoms with Crippen molar-refractivity contribution in [2.24, 2.45) is 0 Å². The number of rotatable bonds is 4. The number of aromatic nitrogens is 3. The number of halogens is 2. The quantitative estimate of drug-likeness (QED) is 0.456. The second-order valence-electron chi connectivity index (χ2n) is 7.48. The lowest BCUT2D eigenvalue weighted by Crippen LogP contribution is -2.43. The van der Waals surface area contributed by atoms with Crippen LogP contribution in [0.15, 0.2) is 59.7 Å². The van der Waals surface area contributed by atoms with E-state index in [-0.39, 0.29) is 22.2 Å². The first-order valence-corrected chi connectivity index (χ1v) is 10.3. The number of pyridine rings is 3. The van der Waals surface area contributed by atoms with Gasteiger partial charge in [-0.25, -0.2) is 18.7 Å². The Morgan fingerprint density at radius 2 is 1.81 bits per heavy atom. The van der Waals surface area contributed by atoms with Crippen LogP contribution in [0, 0.1) is 11.6 Å². The van der Waals surface area contributed by atoms with E-state index in [2.05, 4.69) is 30.5 Å². The minimum Gasteiger partial charge on any atom is -0.368 e. The number of nitrogens with zero attached hydrogens (tertiary/aromatic N) is 3. The molecule has 4 aromatic rings. The number of H-pyrrole nitrogens is 1. The van der Waals surface area contributed by atoms with Crippen molar-refractivity contribution >= 4 is 28.1 Å². The molecule has 4 heterocycles. The van der Waals surface area contributed by atoms with Crippen LogP contribution in [0.5, 0.6) is 0 Å². The summed E-state index contributed by atoms with van der Waals surface area (Å²) in [4.78, 5) is 26.2. The van der Waals surface area contributed by atoms with Gasteiger partial charge in [-0.3, -0.25) is 4.79 Å². The minimum absolute atomic E-state index is 0.0821. The molecule has 9 heteroatoms. The molecule has 0 unspecified atom stereocenters. The van der Waals surface area contributed by atoms with Gasteiger partial charge in [0.2, 0.25) is 0 Å². The number of piperazine rings is 1. The van der Waals surface area contributed by atoms with Crippen LogP contribution in [-0.2, 0) is 0 Å². The molecular formula is C23H20F2N6O. The Balaban J connectivity index is 1.56. The first-order valence-electron chi connectivity index (χ1n) is 10.3. The molecule has 1 aliphatic rings. The SMILES string of the molecule is O=c1[nH]ccc2nc(-c3c(F)cccc3F)cc(Nc3ccc(N4CCNCC4)cn3)c12. The summed E-state index contributed by atoms with van der Waals surface area (Å²) in [5, 5.41) is 6.71. The van der Waals surface area contributed by atoms with Crippen LogP contribution in [0.3, 0.4) is 0 Å². The van der Waals surface area contributed by atoms with Gasteiger partial charge in [0.1, 0.15) is 17.5 Å². The van der Waals surface area contributed by atoms with Gasteiger partial charge in [-0.15, -0.1) is 0 Å². The summed E-state index contributed by atoms with van der Waals surface area (Å²) in [6.07, 6.45) is 3.21. The molecule has 1 aromatic carbocycles. The minimum atomic E-state index is -0.730. The predicted octanol–water partition coefficient (Wildman–Crippen LogP) is 3.42. The van der Waals surface area contributed by atoms with Crippen LogP contribution in [0.1, 0.15) is 0 Å². The van der Waals surface area contributed by atoms with Crippen LogP contribution in [0.2, 0.25) is 0 Å². The zero-order valence-electron chi connectivity index (χ0n) is 17.0. The highest BCUT2D eigenvalue weighted by Gasteiger charge is 2.17. The Kier molecular flexibility index (Phi) is 5.24. The van der Waals surface area contributed by atoms with Crippen LogP contribution in [0.25, 0.3) is 22.2 Å². The molecule has 3 aromatic heterocycles. The molecule has 0 bridgehead atoms. The molecule has 1 aliphatic heterocycles. The van der Waals surface area contributed by atoms with E-state index in [0.29, 0.717) is 17.0 Å². The highest BCUT2D eigenvalue weighted by atomic mass is 19.1. The molecule has 5 rings (SSSR count). The Morgan fingerprint density at radius 1 is 1.03 bits per heavy atom. The topological polar surface area (TPSA) is 85.9 Å². The van der Waals surface area contributed by atoms with E-state index in [4.69, 9.17) is 0 Å². The lowest BCUT2D eigenvalue weighted by Gasteiger charge is -2.29. The maximum Gasteiger partial charge on any atom is 0.259 e. The van der Waals surface area contributed by atoms with E-state index in [1.807, 2.05) is 12.1 Å². The van der Waals surface area contributed by atoms with Crippen molar-refractivity contribution < 1.29 is 8.78 Å². The molecule has 1 saturated heterocycles. The lowest BCUT2D eigenvalue weighted by atomic mass is 10.1. The monoisotopic (exact) mass is 434 g/mol. The highest BCUT2D eigenvalue weighted by Crippen LogP contribution is 2.31. The summed E-state index contributed by atoms with van der Waals surface area (Å²) in [6, 6.07) is 10.5. The van der Waals surface area contributed by atoms with Crippen LogP contribution < -0.4 is 21.1 Å². The van der Waals surface area contributed by atoms with E-state index in [1.165, 1.54) is 30.5 Å². The molecule has 32 heavy (non-hydrogen) atoms. The van der Waals surface area contributed by atoms with E-state index < -0.39 is 11.6 Å². The third-order valence-corrected chi connectivity index (χ3v) is 5.44. The van der Waals surface area contributed by atoms with Gasteiger partial charge in [0.25, 0.3) is 5.56 Å². The summed E-state index contributed by atoms with van der Waals surface area (Å²) in [5.41, 5.74) is 1.14. The van der Waals surface area contributed by atoms with Gasteiger partial charge in [0.05, 0.1) is 39.7 Å². The Morgan fingerprint density at radius 3 is 2.53 bits per heavy atom. The zero-order valence-corrected chi connectivity index (χ0v) is 17.0. The molecule has 0 amide bonds. The second-order valence-corrected chi connectivity index (χ2v) is 7.48. The fourth-order valence-corrected chi connectivity index (χ4v) is 3.87. The third kappa shape index (κ3) is 3.78. The largest absolute Gasteiger partial charge is 0.368 e. The number of aromatic amines is 1. The zero-order chi connectivity index (χ0) is 22.1. The van der Waals surface area contributed by atoms with Gasteiger partial charge in [0.15, 0.2) is 0 Å². The van der Waals surface area contributed by atoms with E-state index >= 15 is 0 Å². The van der Waals surface area contributed by atoms with E-state index in [9.17, 15) is 13.6 Å². The van der Waals surface area contributed by atoms with Gasteiger partial charge in [0, 0.05) is 32.4 Å². The van der Waals surface area contributed by atoms with Gasteiger partial charge in [-0.1, -0.05) is 6.07 Å². The van der Waals surface area contributed by atoms with E-state index in [0.717, 1.165) is 31.9 Å². The standard InChI is InChI=1S/C23H20F2N6O/c24-15-2-1-3-16(25)21(15)18-12-19(22-17(29-18)6-7-27-23(22)32)30-20-5-4-14(13-28-20)31-10-8-26-9-11-31/h1-7,12-13,26H,8-11H2,(H,27,32)(H,28,29,30). The van der Waals surface area contributed by atoms with Crippen molar-refractivity contribution in [1.29, 1.82) is 0 Å². The van der Waals surface area contributed by atoms with Gasteiger partial charge < -0.3 is 20.5 Å². The molecule has 0 atom stereocenters. The number of nitrogens with one attached hydrogen (secondary N) is 3. The molecule has 3 N–H and O–H groups in total. The first kappa shape index (κ1) is 20.1. The smallest absolute Gasteiger partial charge is 0.259 e. The maximum absolute atomic E-state index is 14.4. The molecule has 7 nitrogen and oxygen atoms in total. The number of hydrogen-bond donors (Lipinski definition) is 3. The average molecular weight is 434 g/mol. The van der Waals surface area contributed by atoms with E-state index in [1.54, 1.807) is 12.3 Å². The number of anilines is 3. The molecule has 0 aliphatic carbocycles. The van der Waals surface area contributed by atoms with Crippen molar-refractivity contribution in [3.63, 3.8) is 0 Å². The fraction of sp³-hybridized carbons (Fsp3) is 0.174. The molecular weight excluding hydrogens is 414 g/mol. The molecule has 0 spiro atoms. The normalized spacial score (nSPS) is 14.0. The van der Waals surface area contributed by atoms with Crippen LogP contribution in [-0.4, -0.2) is 41.1 Å². The summed E-state index contributed by atoms with van der Waals surface area (Å²) in [6.45, 7) is 3.63. The van der Waals surface area contributed by atoms with Crippen molar-refractivity contribution in [2.75, 3.05) is 36.4 Å².